The molecule has 0 aliphatic heterocycles. The number of aromatic nitrogens is 1. The Kier molecular flexibility index (Phi) is 5.62. The highest BCUT2D eigenvalue weighted by atomic mass is 16.2. The lowest BCUT2D eigenvalue weighted by Gasteiger charge is -2.19. The smallest absolute Gasteiger partial charge is 0.255 e. The van der Waals surface area contributed by atoms with E-state index in [-0.39, 0.29) is 5.91 Å². The van der Waals surface area contributed by atoms with E-state index in [2.05, 4.69) is 31.1 Å². The molecule has 4 heteroatoms. The summed E-state index contributed by atoms with van der Waals surface area (Å²) in [5.41, 5.74) is 0.639. The molecule has 1 N–H and O–H groups in total. The monoisotopic (exact) mass is 249 g/mol. The largest absolute Gasteiger partial charge is 0.370 e. The van der Waals surface area contributed by atoms with Crippen LogP contribution in [-0.4, -0.2) is 35.9 Å². The van der Waals surface area contributed by atoms with Gasteiger partial charge in [-0.05, 0) is 24.5 Å². The fourth-order valence-corrected chi connectivity index (χ4v) is 1.73. The molecule has 4 nitrogen and oxygen atoms in total. The van der Waals surface area contributed by atoms with Gasteiger partial charge in [0.2, 0.25) is 0 Å². The fourth-order valence-electron chi connectivity index (χ4n) is 1.73. The first-order valence-corrected chi connectivity index (χ1v) is 6.50. The Bertz CT molecular complexity index is 373. The number of nitrogens with one attached hydrogen (secondary N) is 1. The average Bonchev–Trinajstić information content (AvgIpc) is 2.35. The zero-order valence-electron chi connectivity index (χ0n) is 11.7. The Balaban J connectivity index is 2.63. The second-order valence-electron chi connectivity index (χ2n) is 4.94. The van der Waals surface area contributed by atoms with Crippen molar-refractivity contribution < 1.29 is 4.79 Å². The number of hydrogen-bond donors (Lipinski definition) is 1. The molecule has 1 aromatic rings. The minimum Gasteiger partial charge on any atom is -0.370 e. The van der Waals surface area contributed by atoms with Gasteiger partial charge < -0.3 is 10.2 Å². The Hall–Kier alpha value is -1.58. The van der Waals surface area contributed by atoms with E-state index in [1.54, 1.807) is 11.1 Å². The lowest BCUT2D eigenvalue weighted by molar-refractivity contribution is 0.0779. The Morgan fingerprint density at radius 3 is 2.67 bits per heavy atom. The number of carbonyl (C=O) groups is 1. The Morgan fingerprint density at radius 1 is 1.44 bits per heavy atom. The first-order valence-electron chi connectivity index (χ1n) is 6.50. The van der Waals surface area contributed by atoms with Crippen molar-refractivity contribution in [3.8, 4) is 0 Å². The minimum atomic E-state index is 0.0261. The van der Waals surface area contributed by atoms with Gasteiger partial charge >= 0.3 is 0 Å². The van der Waals surface area contributed by atoms with Gasteiger partial charge in [-0.25, -0.2) is 4.98 Å². The van der Waals surface area contributed by atoms with Crippen LogP contribution in [0.15, 0.2) is 18.3 Å². The van der Waals surface area contributed by atoms with Crippen LogP contribution in [0.1, 0.15) is 37.6 Å². The predicted octanol–water partition coefficient (Wildman–Crippen LogP) is 2.63. The van der Waals surface area contributed by atoms with Gasteiger partial charge in [0, 0.05) is 26.3 Å². The van der Waals surface area contributed by atoms with E-state index in [4.69, 9.17) is 0 Å². The SMILES string of the molecule is CCCNc1ccc(C(=O)N(C)CC(C)C)cn1. The van der Waals surface area contributed by atoms with E-state index in [1.165, 1.54) is 0 Å². The number of pyridine rings is 1. The van der Waals surface area contributed by atoms with Crippen LogP contribution in [0.4, 0.5) is 5.82 Å². The van der Waals surface area contributed by atoms with Crippen molar-refractivity contribution in [2.45, 2.75) is 27.2 Å². The normalized spacial score (nSPS) is 10.5. The van der Waals surface area contributed by atoms with Crippen LogP contribution in [-0.2, 0) is 0 Å². The molecule has 0 saturated heterocycles. The van der Waals surface area contributed by atoms with E-state index in [9.17, 15) is 4.79 Å². The molecule has 0 aromatic carbocycles. The molecular formula is C14H23N3O. The fraction of sp³-hybridized carbons (Fsp3) is 0.571. The number of nitrogens with zero attached hydrogens (tertiary/aromatic N) is 2. The number of rotatable bonds is 6. The highest BCUT2D eigenvalue weighted by Gasteiger charge is 2.12. The lowest BCUT2D eigenvalue weighted by atomic mass is 10.2. The van der Waals surface area contributed by atoms with Gasteiger partial charge in [0.15, 0.2) is 0 Å². The molecule has 0 aliphatic rings. The van der Waals surface area contributed by atoms with Crippen LogP contribution >= 0.6 is 0 Å². The Morgan fingerprint density at radius 2 is 2.17 bits per heavy atom. The summed E-state index contributed by atoms with van der Waals surface area (Å²) in [5.74, 6) is 1.32. The number of hydrogen-bond acceptors (Lipinski definition) is 3. The third kappa shape index (κ3) is 4.35. The Labute approximate surface area is 109 Å². The lowest BCUT2D eigenvalue weighted by Crippen LogP contribution is -2.30. The van der Waals surface area contributed by atoms with Crippen molar-refractivity contribution in [1.82, 2.24) is 9.88 Å². The van der Waals surface area contributed by atoms with Crippen molar-refractivity contribution in [2.24, 2.45) is 5.92 Å². The first kappa shape index (κ1) is 14.5. The number of amides is 1. The zero-order valence-corrected chi connectivity index (χ0v) is 11.7. The third-order valence-electron chi connectivity index (χ3n) is 2.55. The first-order chi connectivity index (χ1) is 8.54. The van der Waals surface area contributed by atoms with Gasteiger partial charge in [-0.3, -0.25) is 4.79 Å². The summed E-state index contributed by atoms with van der Waals surface area (Å²) in [5, 5.41) is 3.19. The third-order valence-corrected chi connectivity index (χ3v) is 2.55. The molecular weight excluding hydrogens is 226 g/mol. The summed E-state index contributed by atoms with van der Waals surface area (Å²) in [6, 6.07) is 3.68. The molecule has 0 bridgehead atoms. The predicted molar refractivity (Wildman–Crippen MR) is 74.8 cm³/mol. The van der Waals surface area contributed by atoms with Crippen molar-refractivity contribution in [3.05, 3.63) is 23.9 Å². The molecule has 0 spiro atoms. The second kappa shape index (κ2) is 6.99. The maximum atomic E-state index is 12.1. The molecule has 0 unspecified atom stereocenters. The van der Waals surface area contributed by atoms with E-state index in [1.807, 2.05) is 19.2 Å². The van der Waals surface area contributed by atoms with E-state index in [0.29, 0.717) is 11.5 Å². The van der Waals surface area contributed by atoms with Crippen LogP contribution in [0, 0.1) is 5.92 Å². The highest BCUT2D eigenvalue weighted by Crippen LogP contribution is 2.08. The molecule has 0 aliphatic carbocycles. The maximum Gasteiger partial charge on any atom is 0.255 e. The van der Waals surface area contributed by atoms with Crippen molar-refractivity contribution in [2.75, 3.05) is 25.5 Å². The highest BCUT2D eigenvalue weighted by molar-refractivity contribution is 5.93. The second-order valence-corrected chi connectivity index (χ2v) is 4.94. The van der Waals surface area contributed by atoms with E-state index < -0.39 is 0 Å². The standard InChI is InChI=1S/C14H23N3O/c1-5-8-15-13-7-6-12(9-16-13)14(18)17(4)10-11(2)3/h6-7,9,11H,5,8,10H2,1-4H3,(H,15,16). The quantitative estimate of drug-likeness (QED) is 0.843. The van der Waals surface area contributed by atoms with Crippen LogP contribution in [0.5, 0.6) is 0 Å². The number of carbonyl (C=O) groups excluding carboxylic acids is 1. The number of anilines is 1. The molecule has 18 heavy (non-hydrogen) atoms. The molecule has 1 amide bonds. The minimum absolute atomic E-state index is 0.0261. The molecule has 0 radical (unpaired) electrons. The van der Waals surface area contributed by atoms with Crippen LogP contribution < -0.4 is 5.32 Å². The molecule has 0 atom stereocenters. The molecule has 1 rings (SSSR count). The zero-order chi connectivity index (χ0) is 13.5. The van der Waals surface area contributed by atoms with Crippen LogP contribution in [0.3, 0.4) is 0 Å². The van der Waals surface area contributed by atoms with Gasteiger partial charge in [0.1, 0.15) is 5.82 Å². The molecule has 0 fully saturated rings. The van der Waals surface area contributed by atoms with Gasteiger partial charge in [-0.15, -0.1) is 0 Å². The summed E-state index contributed by atoms with van der Waals surface area (Å²) in [7, 11) is 1.82. The van der Waals surface area contributed by atoms with Gasteiger partial charge in [-0.2, -0.15) is 0 Å². The molecule has 100 valence electrons. The molecule has 1 aromatic heterocycles. The van der Waals surface area contributed by atoms with E-state index >= 15 is 0 Å². The van der Waals surface area contributed by atoms with Gasteiger partial charge in [-0.1, -0.05) is 20.8 Å². The summed E-state index contributed by atoms with van der Waals surface area (Å²) >= 11 is 0. The van der Waals surface area contributed by atoms with Crippen LogP contribution in [0.25, 0.3) is 0 Å². The summed E-state index contributed by atoms with van der Waals surface area (Å²) in [6.07, 6.45) is 2.69. The topological polar surface area (TPSA) is 45.2 Å². The summed E-state index contributed by atoms with van der Waals surface area (Å²) in [6.45, 7) is 7.95. The molecule has 1 heterocycles. The van der Waals surface area contributed by atoms with Gasteiger partial charge in [0.25, 0.3) is 5.91 Å². The van der Waals surface area contributed by atoms with Crippen molar-refractivity contribution in [3.63, 3.8) is 0 Å². The molecule has 0 saturated carbocycles. The van der Waals surface area contributed by atoms with E-state index in [0.717, 1.165) is 25.3 Å². The van der Waals surface area contributed by atoms with Crippen LogP contribution in [0.2, 0.25) is 0 Å². The summed E-state index contributed by atoms with van der Waals surface area (Å²) in [4.78, 5) is 18.0. The summed E-state index contributed by atoms with van der Waals surface area (Å²) < 4.78 is 0. The average molecular weight is 249 g/mol. The van der Waals surface area contributed by atoms with Crippen molar-refractivity contribution >= 4 is 11.7 Å². The maximum absolute atomic E-state index is 12.1. The van der Waals surface area contributed by atoms with Crippen molar-refractivity contribution in [1.29, 1.82) is 0 Å². The van der Waals surface area contributed by atoms with Gasteiger partial charge in [0.05, 0.1) is 5.56 Å².